The van der Waals surface area contributed by atoms with Gasteiger partial charge in [0.25, 0.3) is 0 Å². The zero-order valence-corrected chi connectivity index (χ0v) is 11.2. The lowest BCUT2D eigenvalue weighted by molar-refractivity contribution is -0.121. The van der Waals surface area contributed by atoms with E-state index in [1.54, 1.807) is 0 Å². The second-order valence-electron chi connectivity index (χ2n) is 5.59. The van der Waals surface area contributed by atoms with Crippen molar-refractivity contribution in [2.24, 2.45) is 5.92 Å². The fourth-order valence-corrected chi connectivity index (χ4v) is 2.87. The van der Waals surface area contributed by atoms with Crippen molar-refractivity contribution in [3.63, 3.8) is 0 Å². The Hall–Kier alpha value is -0.610. The number of hydrogen-bond donors (Lipinski definition) is 2. The Balaban J connectivity index is 1.53. The molecule has 2 N–H and O–H groups in total. The predicted octanol–water partition coefficient (Wildman–Crippen LogP) is 1.45. The van der Waals surface area contributed by atoms with Crippen molar-refractivity contribution in [3.8, 4) is 0 Å². The first kappa shape index (κ1) is 13.8. The number of nitrogens with one attached hydrogen (secondary N) is 2. The Morgan fingerprint density at radius 2 is 1.78 bits per heavy atom. The fourth-order valence-electron chi connectivity index (χ4n) is 2.87. The van der Waals surface area contributed by atoms with Gasteiger partial charge in [-0.25, -0.2) is 0 Å². The number of carbonyl (C=O) groups excluding carboxylic acids is 1. The van der Waals surface area contributed by atoms with E-state index in [9.17, 15) is 4.79 Å². The molecule has 2 rings (SSSR count). The van der Waals surface area contributed by atoms with Gasteiger partial charge in [-0.2, -0.15) is 0 Å². The van der Waals surface area contributed by atoms with Crippen molar-refractivity contribution in [2.45, 2.75) is 51.0 Å². The molecule has 1 aliphatic carbocycles. The molecule has 1 saturated heterocycles. The molecule has 4 heteroatoms. The molecule has 18 heavy (non-hydrogen) atoms. The summed E-state index contributed by atoms with van der Waals surface area (Å²) in [6, 6.07) is 0.427. The van der Waals surface area contributed by atoms with Crippen LogP contribution in [0.4, 0.5) is 0 Å². The van der Waals surface area contributed by atoms with Crippen LogP contribution in [0.1, 0.15) is 44.9 Å². The number of rotatable bonds is 5. The minimum absolute atomic E-state index is 0.161. The first-order valence-electron chi connectivity index (χ1n) is 7.42. The Labute approximate surface area is 110 Å². The second kappa shape index (κ2) is 7.74. The van der Waals surface area contributed by atoms with Crippen LogP contribution in [0.3, 0.4) is 0 Å². The second-order valence-corrected chi connectivity index (χ2v) is 5.59. The molecular formula is C14H26N2O2. The maximum atomic E-state index is 11.8. The lowest BCUT2D eigenvalue weighted by Crippen LogP contribution is -2.42. The quantitative estimate of drug-likeness (QED) is 0.781. The molecule has 0 aromatic heterocycles. The first-order chi connectivity index (χ1) is 8.84. The van der Waals surface area contributed by atoms with E-state index < -0.39 is 0 Å². The lowest BCUT2D eigenvalue weighted by Gasteiger charge is -2.24. The summed E-state index contributed by atoms with van der Waals surface area (Å²) in [5.74, 6) is 0.843. The maximum absolute atomic E-state index is 11.8. The Kier molecular flexibility index (Phi) is 5.94. The minimum atomic E-state index is 0.161. The number of amides is 1. The summed E-state index contributed by atoms with van der Waals surface area (Å²) in [6.07, 6.45) is 8.42. The van der Waals surface area contributed by atoms with Crippen LogP contribution in [0.25, 0.3) is 0 Å². The van der Waals surface area contributed by atoms with Gasteiger partial charge in [-0.05, 0) is 38.1 Å². The monoisotopic (exact) mass is 254 g/mol. The third-order valence-electron chi connectivity index (χ3n) is 4.03. The predicted molar refractivity (Wildman–Crippen MR) is 71.4 cm³/mol. The summed E-state index contributed by atoms with van der Waals surface area (Å²) in [4.78, 5) is 11.8. The molecule has 1 amide bonds. The Bertz CT molecular complexity index is 246. The number of hydrogen-bond acceptors (Lipinski definition) is 3. The van der Waals surface area contributed by atoms with Crippen molar-refractivity contribution in [1.82, 2.24) is 10.6 Å². The highest BCUT2D eigenvalue weighted by Crippen LogP contribution is 2.17. The highest BCUT2D eigenvalue weighted by Gasteiger charge is 2.16. The third kappa shape index (κ3) is 4.94. The van der Waals surface area contributed by atoms with E-state index in [4.69, 9.17) is 4.74 Å². The summed E-state index contributed by atoms with van der Waals surface area (Å²) in [7, 11) is 0. The topological polar surface area (TPSA) is 50.4 Å². The van der Waals surface area contributed by atoms with Crippen LogP contribution in [0.15, 0.2) is 0 Å². The van der Waals surface area contributed by atoms with Gasteiger partial charge >= 0.3 is 0 Å². The molecule has 104 valence electrons. The van der Waals surface area contributed by atoms with Crippen LogP contribution < -0.4 is 10.6 Å². The van der Waals surface area contributed by atoms with E-state index in [-0.39, 0.29) is 5.91 Å². The first-order valence-corrected chi connectivity index (χ1v) is 7.42. The molecule has 2 fully saturated rings. The Morgan fingerprint density at radius 1 is 1.06 bits per heavy atom. The number of carbonyl (C=O) groups is 1. The van der Waals surface area contributed by atoms with Gasteiger partial charge in [-0.15, -0.1) is 0 Å². The highest BCUT2D eigenvalue weighted by atomic mass is 16.5. The van der Waals surface area contributed by atoms with Gasteiger partial charge in [0.1, 0.15) is 0 Å². The average Bonchev–Trinajstić information content (AvgIpc) is 2.41. The van der Waals surface area contributed by atoms with Gasteiger partial charge in [0, 0.05) is 19.3 Å². The van der Waals surface area contributed by atoms with E-state index in [0.717, 1.165) is 45.4 Å². The van der Waals surface area contributed by atoms with Crippen molar-refractivity contribution < 1.29 is 9.53 Å². The van der Waals surface area contributed by atoms with E-state index in [1.165, 1.54) is 19.3 Å². The van der Waals surface area contributed by atoms with Crippen LogP contribution in [-0.4, -0.2) is 38.3 Å². The smallest absolute Gasteiger partial charge is 0.234 e. The molecule has 1 saturated carbocycles. The number of ether oxygens (including phenoxy) is 1. The molecular weight excluding hydrogens is 228 g/mol. The van der Waals surface area contributed by atoms with Gasteiger partial charge in [0.15, 0.2) is 0 Å². The largest absolute Gasteiger partial charge is 0.381 e. The average molecular weight is 254 g/mol. The summed E-state index contributed by atoms with van der Waals surface area (Å²) in [6.45, 7) is 3.16. The molecule has 0 aromatic rings. The molecule has 4 nitrogen and oxygen atoms in total. The fraction of sp³-hybridized carbons (Fsp3) is 0.929. The van der Waals surface area contributed by atoms with Crippen LogP contribution in [0, 0.1) is 5.92 Å². The zero-order valence-electron chi connectivity index (χ0n) is 11.2. The zero-order chi connectivity index (χ0) is 12.6. The van der Waals surface area contributed by atoms with E-state index in [0.29, 0.717) is 18.5 Å². The summed E-state index contributed by atoms with van der Waals surface area (Å²) in [5, 5.41) is 6.41. The minimum Gasteiger partial charge on any atom is -0.381 e. The van der Waals surface area contributed by atoms with Gasteiger partial charge < -0.3 is 15.4 Å². The molecule has 2 aliphatic rings. The standard InChI is InChI=1S/C14H26N2O2/c17-14(16-13-4-2-1-3-5-13)11-15-10-12-6-8-18-9-7-12/h12-13,15H,1-11H2,(H,16,17). The Morgan fingerprint density at radius 3 is 2.50 bits per heavy atom. The van der Waals surface area contributed by atoms with Gasteiger partial charge in [0.05, 0.1) is 6.54 Å². The summed E-state index contributed by atoms with van der Waals surface area (Å²) < 4.78 is 5.32. The van der Waals surface area contributed by atoms with Crippen LogP contribution >= 0.6 is 0 Å². The molecule has 1 aliphatic heterocycles. The van der Waals surface area contributed by atoms with Gasteiger partial charge in [-0.3, -0.25) is 4.79 Å². The van der Waals surface area contributed by atoms with E-state index >= 15 is 0 Å². The SMILES string of the molecule is O=C(CNCC1CCOCC1)NC1CCCCC1. The lowest BCUT2D eigenvalue weighted by atomic mass is 9.95. The maximum Gasteiger partial charge on any atom is 0.234 e. The van der Waals surface area contributed by atoms with Crippen molar-refractivity contribution in [2.75, 3.05) is 26.3 Å². The molecule has 0 atom stereocenters. The molecule has 0 bridgehead atoms. The van der Waals surface area contributed by atoms with Crippen molar-refractivity contribution in [1.29, 1.82) is 0 Å². The molecule has 0 aromatic carbocycles. The highest BCUT2D eigenvalue weighted by molar-refractivity contribution is 5.78. The molecule has 0 spiro atoms. The van der Waals surface area contributed by atoms with E-state index in [1.807, 2.05) is 0 Å². The molecule has 1 heterocycles. The van der Waals surface area contributed by atoms with Crippen LogP contribution in [-0.2, 0) is 9.53 Å². The van der Waals surface area contributed by atoms with Gasteiger partial charge in [0.2, 0.25) is 5.91 Å². The van der Waals surface area contributed by atoms with Crippen molar-refractivity contribution in [3.05, 3.63) is 0 Å². The van der Waals surface area contributed by atoms with Gasteiger partial charge in [-0.1, -0.05) is 19.3 Å². The van der Waals surface area contributed by atoms with E-state index in [2.05, 4.69) is 10.6 Å². The summed E-state index contributed by atoms with van der Waals surface area (Å²) in [5.41, 5.74) is 0. The van der Waals surface area contributed by atoms with Crippen LogP contribution in [0.2, 0.25) is 0 Å². The molecule has 0 radical (unpaired) electrons. The normalized spacial score (nSPS) is 22.9. The third-order valence-corrected chi connectivity index (χ3v) is 4.03. The van der Waals surface area contributed by atoms with Crippen molar-refractivity contribution >= 4 is 5.91 Å². The summed E-state index contributed by atoms with van der Waals surface area (Å²) >= 11 is 0. The van der Waals surface area contributed by atoms with Crippen LogP contribution in [0.5, 0.6) is 0 Å². The molecule has 0 unspecified atom stereocenters.